The summed E-state index contributed by atoms with van der Waals surface area (Å²) in [5.74, 6) is -0.736. The fourth-order valence-electron chi connectivity index (χ4n) is 3.54. The number of hydrogen-bond acceptors (Lipinski definition) is 4. The summed E-state index contributed by atoms with van der Waals surface area (Å²) >= 11 is 0. The maximum Gasteiger partial charge on any atom is 0.317 e. The second-order valence-corrected chi connectivity index (χ2v) is 6.46. The molecule has 5 nitrogen and oxygen atoms in total. The first-order chi connectivity index (χ1) is 11.7. The van der Waals surface area contributed by atoms with Crippen LogP contribution in [0, 0.1) is 0 Å². The molecule has 2 aromatic rings. The summed E-state index contributed by atoms with van der Waals surface area (Å²) in [5.41, 5.74) is 2.15. The van der Waals surface area contributed by atoms with E-state index in [0.29, 0.717) is 6.04 Å². The van der Waals surface area contributed by atoms with Crippen molar-refractivity contribution in [1.29, 1.82) is 0 Å². The number of likely N-dealkylation sites (N-methyl/N-ethyl adjacent to an activating group) is 1. The Morgan fingerprint density at radius 2 is 2.00 bits per heavy atom. The molecule has 128 valence electrons. The number of carboxylic acid groups (broad SMARTS) is 1. The van der Waals surface area contributed by atoms with Crippen LogP contribution in [-0.2, 0) is 11.3 Å². The lowest BCUT2D eigenvalue weighted by Crippen LogP contribution is -2.46. The average molecular weight is 327 g/mol. The van der Waals surface area contributed by atoms with Crippen LogP contribution in [0.3, 0.4) is 0 Å². The zero-order valence-electron chi connectivity index (χ0n) is 14.2. The predicted octanol–water partition coefficient (Wildman–Crippen LogP) is 2.61. The van der Waals surface area contributed by atoms with Crippen molar-refractivity contribution in [3.8, 4) is 0 Å². The van der Waals surface area contributed by atoms with Gasteiger partial charge in [-0.1, -0.05) is 31.2 Å². The van der Waals surface area contributed by atoms with Crippen LogP contribution < -0.4 is 0 Å². The van der Waals surface area contributed by atoms with Crippen LogP contribution in [0.5, 0.6) is 0 Å². The van der Waals surface area contributed by atoms with Crippen LogP contribution in [0.4, 0.5) is 0 Å². The molecule has 0 saturated carbocycles. The minimum atomic E-state index is -0.736. The van der Waals surface area contributed by atoms with Gasteiger partial charge in [0.25, 0.3) is 0 Å². The van der Waals surface area contributed by atoms with Gasteiger partial charge in [-0.15, -0.1) is 0 Å². The van der Waals surface area contributed by atoms with Crippen molar-refractivity contribution in [2.75, 3.05) is 26.2 Å². The molecule has 1 N–H and O–H groups in total. The molecule has 2 heterocycles. The highest BCUT2D eigenvalue weighted by Crippen LogP contribution is 2.19. The second-order valence-electron chi connectivity index (χ2n) is 6.46. The highest BCUT2D eigenvalue weighted by molar-refractivity contribution is 5.78. The average Bonchev–Trinajstić information content (AvgIpc) is 2.60. The van der Waals surface area contributed by atoms with E-state index in [4.69, 9.17) is 10.1 Å². The number of carboxylic acids is 1. The van der Waals surface area contributed by atoms with Crippen LogP contribution in [0.1, 0.15) is 25.5 Å². The normalized spacial score (nSPS) is 16.8. The van der Waals surface area contributed by atoms with Crippen molar-refractivity contribution >= 4 is 16.9 Å². The highest BCUT2D eigenvalue weighted by atomic mass is 16.4. The Morgan fingerprint density at radius 3 is 2.71 bits per heavy atom. The Hall–Kier alpha value is -1.98. The number of pyridine rings is 1. The molecule has 3 rings (SSSR count). The second kappa shape index (κ2) is 7.73. The van der Waals surface area contributed by atoms with E-state index >= 15 is 0 Å². The molecule has 1 fully saturated rings. The first-order valence-electron chi connectivity index (χ1n) is 8.68. The number of likely N-dealkylation sites (tertiary alicyclic amines) is 1. The minimum absolute atomic E-state index is 0.146. The third kappa shape index (κ3) is 4.10. The van der Waals surface area contributed by atoms with E-state index in [1.807, 2.05) is 19.1 Å². The molecule has 24 heavy (non-hydrogen) atoms. The van der Waals surface area contributed by atoms with Crippen molar-refractivity contribution < 1.29 is 9.90 Å². The van der Waals surface area contributed by atoms with Gasteiger partial charge in [-0.3, -0.25) is 19.6 Å². The topological polar surface area (TPSA) is 56.7 Å². The number of piperidine rings is 1. The fraction of sp³-hybridized carbons (Fsp3) is 0.474. The SMILES string of the molecule is CCN(CC(=O)O)C1CCN(Cc2ccc3ccccc3n2)CC1. The number of aromatic nitrogens is 1. The third-order valence-electron chi connectivity index (χ3n) is 4.86. The van der Waals surface area contributed by atoms with Gasteiger partial charge in [-0.2, -0.15) is 0 Å². The third-order valence-corrected chi connectivity index (χ3v) is 4.86. The number of benzene rings is 1. The van der Waals surface area contributed by atoms with E-state index in [1.165, 1.54) is 5.39 Å². The van der Waals surface area contributed by atoms with E-state index in [2.05, 4.69) is 34.1 Å². The van der Waals surface area contributed by atoms with Gasteiger partial charge in [0, 0.05) is 31.1 Å². The van der Waals surface area contributed by atoms with Crippen molar-refractivity contribution in [2.45, 2.75) is 32.4 Å². The minimum Gasteiger partial charge on any atom is -0.480 e. The Bertz CT molecular complexity index is 696. The number of nitrogens with zero attached hydrogens (tertiary/aromatic N) is 3. The standard InChI is InChI=1S/C19H25N3O2/c1-2-22(14-19(23)24)17-9-11-21(12-10-17)13-16-8-7-15-5-3-4-6-18(15)20-16/h3-8,17H,2,9-14H2,1H3,(H,23,24). The van der Waals surface area contributed by atoms with E-state index in [9.17, 15) is 4.79 Å². The van der Waals surface area contributed by atoms with Gasteiger partial charge in [0.05, 0.1) is 17.8 Å². The lowest BCUT2D eigenvalue weighted by Gasteiger charge is -2.37. The molecular weight excluding hydrogens is 302 g/mol. The summed E-state index contributed by atoms with van der Waals surface area (Å²) < 4.78 is 0. The van der Waals surface area contributed by atoms with Crippen LogP contribution in [0.15, 0.2) is 36.4 Å². The van der Waals surface area contributed by atoms with E-state index in [1.54, 1.807) is 0 Å². The van der Waals surface area contributed by atoms with Crippen molar-refractivity contribution in [3.05, 3.63) is 42.1 Å². The predicted molar refractivity (Wildman–Crippen MR) is 94.9 cm³/mol. The maximum atomic E-state index is 11.0. The quantitative estimate of drug-likeness (QED) is 0.884. The van der Waals surface area contributed by atoms with Crippen LogP contribution >= 0.6 is 0 Å². The van der Waals surface area contributed by atoms with E-state index in [-0.39, 0.29) is 6.54 Å². The summed E-state index contributed by atoms with van der Waals surface area (Å²) in [6, 6.07) is 12.8. The molecule has 0 atom stereocenters. The molecule has 0 aliphatic carbocycles. The van der Waals surface area contributed by atoms with Crippen molar-refractivity contribution in [3.63, 3.8) is 0 Å². The lowest BCUT2D eigenvalue weighted by atomic mass is 10.0. The summed E-state index contributed by atoms with van der Waals surface area (Å²) in [6.07, 6.45) is 2.05. The number of carbonyl (C=O) groups is 1. The summed E-state index contributed by atoms with van der Waals surface area (Å²) in [7, 11) is 0. The van der Waals surface area contributed by atoms with Gasteiger partial charge in [0.1, 0.15) is 0 Å². The van der Waals surface area contributed by atoms with Gasteiger partial charge in [-0.25, -0.2) is 0 Å². The molecule has 1 saturated heterocycles. The van der Waals surface area contributed by atoms with Crippen molar-refractivity contribution in [1.82, 2.24) is 14.8 Å². The molecular formula is C19H25N3O2. The smallest absolute Gasteiger partial charge is 0.317 e. The largest absolute Gasteiger partial charge is 0.480 e. The Balaban J connectivity index is 1.57. The summed E-state index contributed by atoms with van der Waals surface area (Å²) in [4.78, 5) is 20.2. The van der Waals surface area contributed by atoms with E-state index in [0.717, 1.165) is 50.2 Å². The molecule has 1 aliphatic rings. The van der Waals surface area contributed by atoms with Crippen LogP contribution in [-0.4, -0.2) is 58.1 Å². The lowest BCUT2D eigenvalue weighted by molar-refractivity contribution is -0.139. The number of fused-ring (bicyclic) bond motifs is 1. The first kappa shape index (κ1) is 16.9. The Kier molecular flexibility index (Phi) is 5.43. The van der Waals surface area contributed by atoms with Crippen LogP contribution in [0.2, 0.25) is 0 Å². The number of rotatable bonds is 6. The van der Waals surface area contributed by atoms with Gasteiger partial charge < -0.3 is 5.11 Å². The van der Waals surface area contributed by atoms with Gasteiger partial charge in [0.2, 0.25) is 0 Å². The molecule has 0 unspecified atom stereocenters. The molecule has 1 aromatic heterocycles. The van der Waals surface area contributed by atoms with Gasteiger partial charge in [0.15, 0.2) is 0 Å². The van der Waals surface area contributed by atoms with Gasteiger partial charge in [-0.05, 0) is 31.5 Å². The summed E-state index contributed by atoms with van der Waals surface area (Å²) in [5, 5.41) is 10.2. The number of hydrogen-bond donors (Lipinski definition) is 1. The van der Waals surface area contributed by atoms with Gasteiger partial charge >= 0.3 is 5.97 Å². The zero-order chi connectivity index (χ0) is 16.9. The van der Waals surface area contributed by atoms with Crippen LogP contribution in [0.25, 0.3) is 10.9 Å². The molecule has 0 spiro atoms. The molecule has 0 amide bonds. The maximum absolute atomic E-state index is 11.0. The molecule has 0 bridgehead atoms. The van der Waals surface area contributed by atoms with Crippen molar-refractivity contribution in [2.24, 2.45) is 0 Å². The molecule has 5 heteroatoms. The Labute approximate surface area is 142 Å². The molecule has 0 radical (unpaired) electrons. The number of para-hydroxylation sites is 1. The summed E-state index contributed by atoms with van der Waals surface area (Å²) in [6.45, 7) is 5.83. The molecule has 1 aliphatic heterocycles. The zero-order valence-corrected chi connectivity index (χ0v) is 14.2. The monoisotopic (exact) mass is 327 g/mol. The molecule has 1 aromatic carbocycles. The highest BCUT2D eigenvalue weighted by Gasteiger charge is 2.25. The fourth-order valence-corrected chi connectivity index (χ4v) is 3.54. The van der Waals surface area contributed by atoms with E-state index < -0.39 is 5.97 Å². The Morgan fingerprint density at radius 1 is 1.25 bits per heavy atom. The first-order valence-corrected chi connectivity index (χ1v) is 8.68. The number of aliphatic carboxylic acids is 1.